The minimum Gasteiger partial charge on any atom is -0.360 e. The smallest absolute Gasteiger partial charge is 0.248 e. The van der Waals surface area contributed by atoms with Gasteiger partial charge in [0.2, 0.25) is 15.9 Å². The quantitative estimate of drug-likeness (QED) is 0.675. The number of aromatic nitrogens is 3. The number of piperazine rings is 1. The lowest BCUT2D eigenvalue weighted by atomic mass is 10.2. The molecule has 0 bridgehead atoms. The molecule has 1 N–H and O–H groups in total. The highest BCUT2D eigenvalue weighted by molar-refractivity contribution is 7.89. The maximum absolute atomic E-state index is 12.9. The molecule has 0 aliphatic carbocycles. The van der Waals surface area contributed by atoms with Crippen molar-refractivity contribution in [1.29, 1.82) is 0 Å². The van der Waals surface area contributed by atoms with Crippen LogP contribution in [0.25, 0.3) is 11.0 Å². The number of aryl methyl sites for hydroxylation is 3. The topological polar surface area (TPSA) is 112 Å². The first kappa shape index (κ1) is 19.6. The molecule has 1 saturated heterocycles. The Kier molecular flexibility index (Phi) is 5.13. The van der Waals surface area contributed by atoms with Crippen molar-refractivity contribution in [1.82, 2.24) is 24.3 Å². The monoisotopic (exact) mass is 417 g/mol. The third-order valence-corrected chi connectivity index (χ3v) is 7.31. The molecule has 1 amide bonds. The van der Waals surface area contributed by atoms with Crippen LogP contribution in [0.15, 0.2) is 33.7 Å². The van der Waals surface area contributed by atoms with Gasteiger partial charge in [0.05, 0.1) is 11.0 Å². The molecule has 9 nitrogen and oxygen atoms in total. The SMILES string of the molecule is Cc1noc(C)c1S(=O)(=O)N1CCN(C(=O)CCc2nc3ccccc3[nH]2)CC1. The first-order valence-corrected chi connectivity index (χ1v) is 10.9. The zero-order valence-electron chi connectivity index (χ0n) is 16.4. The molecular formula is C19H23N5O4S. The highest BCUT2D eigenvalue weighted by Gasteiger charge is 2.34. The summed E-state index contributed by atoms with van der Waals surface area (Å²) in [7, 11) is -3.68. The fraction of sp³-hybridized carbons (Fsp3) is 0.421. The molecule has 1 aliphatic rings. The molecule has 1 fully saturated rings. The molecule has 10 heteroatoms. The van der Waals surface area contributed by atoms with Crippen LogP contribution in [0.2, 0.25) is 0 Å². The number of benzene rings is 1. The number of nitrogens with zero attached hydrogens (tertiary/aromatic N) is 4. The lowest BCUT2D eigenvalue weighted by molar-refractivity contribution is -0.132. The first-order valence-electron chi connectivity index (χ1n) is 9.50. The molecule has 0 unspecified atom stereocenters. The minimum atomic E-state index is -3.68. The van der Waals surface area contributed by atoms with Gasteiger partial charge < -0.3 is 14.4 Å². The van der Waals surface area contributed by atoms with E-state index in [9.17, 15) is 13.2 Å². The fourth-order valence-electron chi connectivity index (χ4n) is 3.66. The summed E-state index contributed by atoms with van der Waals surface area (Å²) >= 11 is 0. The molecule has 1 aliphatic heterocycles. The Balaban J connectivity index is 1.35. The molecule has 3 heterocycles. The van der Waals surface area contributed by atoms with Gasteiger partial charge >= 0.3 is 0 Å². The Bertz CT molecular complexity index is 1090. The summed E-state index contributed by atoms with van der Waals surface area (Å²) in [5.41, 5.74) is 2.19. The number of rotatable bonds is 5. The van der Waals surface area contributed by atoms with E-state index in [2.05, 4.69) is 15.1 Å². The molecule has 0 radical (unpaired) electrons. The number of para-hydroxylation sites is 2. The van der Waals surface area contributed by atoms with Gasteiger partial charge in [-0.1, -0.05) is 17.3 Å². The number of aromatic amines is 1. The number of hydrogen-bond donors (Lipinski definition) is 1. The van der Waals surface area contributed by atoms with Crippen LogP contribution in [-0.2, 0) is 21.2 Å². The fourth-order valence-corrected chi connectivity index (χ4v) is 5.37. The molecule has 154 valence electrons. The number of carbonyl (C=O) groups is 1. The van der Waals surface area contributed by atoms with E-state index < -0.39 is 10.0 Å². The Morgan fingerprint density at radius 3 is 2.55 bits per heavy atom. The Morgan fingerprint density at radius 2 is 1.90 bits per heavy atom. The van der Waals surface area contributed by atoms with Crippen LogP contribution in [-0.4, -0.2) is 64.8 Å². The van der Waals surface area contributed by atoms with E-state index in [0.29, 0.717) is 31.6 Å². The lowest BCUT2D eigenvalue weighted by Crippen LogP contribution is -2.50. The van der Waals surface area contributed by atoms with Crippen molar-refractivity contribution in [3.05, 3.63) is 41.5 Å². The van der Waals surface area contributed by atoms with Crippen molar-refractivity contribution in [3.63, 3.8) is 0 Å². The van der Waals surface area contributed by atoms with Crippen LogP contribution in [0.1, 0.15) is 23.7 Å². The molecule has 29 heavy (non-hydrogen) atoms. The van der Waals surface area contributed by atoms with Crippen LogP contribution in [0.4, 0.5) is 0 Å². The van der Waals surface area contributed by atoms with Crippen molar-refractivity contribution in [2.75, 3.05) is 26.2 Å². The standard InChI is InChI=1S/C19H23N5O4S/c1-13-19(14(2)28-22-13)29(26,27)24-11-9-23(10-12-24)18(25)8-7-17-20-15-5-3-4-6-16(15)21-17/h3-6H,7-12H2,1-2H3,(H,20,21). The van der Waals surface area contributed by atoms with E-state index in [1.54, 1.807) is 18.7 Å². The normalized spacial score (nSPS) is 15.9. The van der Waals surface area contributed by atoms with Gasteiger partial charge in [-0.05, 0) is 26.0 Å². The summed E-state index contributed by atoms with van der Waals surface area (Å²) in [5, 5.41) is 3.74. The largest absolute Gasteiger partial charge is 0.360 e. The van der Waals surface area contributed by atoms with Gasteiger partial charge in [-0.2, -0.15) is 4.31 Å². The number of sulfonamides is 1. The second-order valence-corrected chi connectivity index (χ2v) is 9.01. The average molecular weight is 417 g/mol. The van der Waals surface area contributed by atoms with Crippen molar-refractivity contribution in [2.24, 2.45) is 0 Å². The number of amides is 1. The maximum Gasteiger partial charge on any atom is 0.248 e. The minimum absolute atomic E-state index is 0.000145. The highest BCUT2D eigenvalue weighted by Crippen LogP contribution is 2.24. The number of hydrogen-bond acceptors (Lipinski definition) is 6. The van der Waals surface area contributed by atoms with Crippen molar-refractivity contribution in [3.8, 4) is 0 Å². The molecule has 2 aromatic heterocycles. The maximum atomic E-state index is 12.9. The van der Waals surface area contributed by atoms with Crippen molar-refractivity contribution in [2.45, 2.75) is 31.6 Å². The van der Waals surface area contributed by atoms with Crippen LogP contribution in [0.3, 0.4) is 0 Å². The van der Waals surface area contributed by atoms with Crippen LogP contribution < -0.4 is 0 Å². The van der Waals surface area contributed by atoms with Gasteiger partial charge in [0.25, 0.3) is 0 Å². The molecule has 0 atom stereocenters. The van der Waals surface area contributed by atoms with E-state index in [1.807, 2.05) is 24.3 Å². The summed E-state index contributed by atoms with van der Waals surface area (Å²) in [6.45, 7) is 4.43. The molecule has 0 saturated carbocycles. The van der Waals surface area contributed by atoms with Gasteiger partial charge in [-0.3, -0.25) is 4.79 Å². The first-order chi connectivity index (χ1) is 13.9. The van der Waals surface area contributed by atoms with Crippen LogP contribution >= 0.6 is 0 Å². The van der Waals surface area contributed by atoms with E-state index >= 15 is 0 Å². The Morgan fingerprint density at radius 1 is 1.17 bits per heavy atom. The van der Waals surface area contributed by atoms with Gasteiger partial charge in [0.1, 0.15) is 16.4 Å². The zero-order valence-corrected chi connectivity index (χ0v) is 17.2. The summed E-state index contributed by atoms with van der Waals surface area (Å²) < 4.78 is 32.1. The van der Waals surface area contributed by atoms with E-state index in [0.717, 1.165) is 16.9 Å². The average Bonchev–Trinajstić information content (AvgIpc) is 3.28. The summed E-state index contributed by atoms with van der Waals surface area (Å²) in [4.78, 5) is 22.1. The third-order valence-electron chi connectivity index (χ3n) is 5.17. The number of nitrogens with one attached hydrogen (secondary N) is 1. The number of H-pyrrole nitrogens is 1. The Hall–Kier alpha value is -2.72. The van der Waals surface area contributed by atoms with Gasteiger partial charge in [-0.25, -0.2) is 13.4 Å². The molecular weight excluding hydrogens is 394 g/mol. The summed E-state index contributed by atoms with van der Waals surface area (Å²) in [6.07, 6.45) is 0.849. The van der Waals surface area contributed by atoms with Crippen molar-refractivity contribution < 1.29 is 17.7 Å². The molecule has 1 aromatic carbocycles. The van der Waals surface area contributed by atoms with Crippen LogP contribution in [0, 0.1) is 13.8 Å². The summed E-state index contributed by atoms with van der Waals surface area (Å²) in [6, 6.07) is 7.74. The number of fused-ring (bicyclic) bond motifs is 1. The lowest BCUT2D eigenvalue weighted by Gasteiger charge is -2.34. The zero-order chi connectivity index (χ0) is 20.6. The molecule has 3 aromatic rings. The summed E-state index contributed by atoms with van der Waals surface area (Å²) in [5.74, 6) is 1.06. The number of imidazole rings is 1. The molecule has 4 rings (SSSR count). The number of carbonyl (C=O) groups excluding carboxylic acids is 1. The van der Waals surface area contributed by atoms with E-state index in [4.69, 9.17) is 4.52 Å². The third kappa shape index (κ3) is 3.77. The van der Waals surface area contributed by atoms with Crippen LogP contribution in [0.5, 0.6) is 0 Å². The molecule has 0 spiro atoms. The predicted octanol–water partition coefficient (Wildman–Crippen LogP) is 1.63. The second kappa shape index (κ2) is 7.60. The van der Waals surface area contributed by atoms with Gasteiger partial charge in [0.15, 0.2) is 5.76 Å². The van der Waals surface area contributed by atoms with E-state index in [-0.39, 0.29) is 29.7 Å². The van der Waals surface area contributed by atoms with Crippen molar-refractivity contribution >= 4 is 27.0 Å². The van der Waals surface area contributed by atoms with Gasteiger partial charge in [0, 0.05) is 39.0 Å². The highest BCUT2D eigenvalue weighted by atomic mass is 32.2. The second-order valence-electron chi connectivity index (χ2n) is 7.14. The Labute approximate surface area is 168 Å². The predicted molar refractivity (Wildman–Crippen MR) is 106 cm³/mol. The van der Waals surface area contributed by atoms with E-state index in [1.165, 1.54) is 4.31 Å². The van der Waals surface area contributed by atoms with Gasteiger partial charge in [-0.15, -0.1) is 0 Å².